The third-order valence-electron chi connectivity index (χ3n) is 10.2. The molecule has 0 radical (unpaired) electrons. The molecule has 6 atom stereocenters. The van der Waals surface area contributed by atoms with Crippen LogP contribution in [-0.4, -0.2) is 77.7 Å². The van der Waals surface area contributed by atoms with Crippen LogP contribution in [0.5, 0.6) is 0 Å². The molecular formula is C39H49N3O7. The molecule has 3 aliphatic rings. The van der Waals surface area contributed by atoms with Gasteiger partial charge in [0.25, 0.3) is 5.91 Å². The average Bonchev–Trinajstić information content (AvgIpc) is 3.74. The molecule has 2 aromatic carbocycles. The van der Waals surface area contributed by atoms with Gasteiger partial charge in [0.05, 0.1) is 24.0 Å². The summed E-state index contributed by atoms with van der Waals surface area (Å²) < 4.78 is 12.3. The first-order chi connectivity index (χ1) is 23.7. The van der Waals surface area contributed by atoms with E-state index < -0.39 is 41.6 Å². The third-order valence-corrected chi connectivity index (χ3v) is 10.2. The lowest BCUT2D eigenvalue weighted by Crippen LogP contribution is -2.57. The Kier molecular flexibility index (Phi) is 11.7. The number of carbonyl (C=O) groups is 4. The van der Waals surface area contributed by atoms with E-state index in [9.17, 15) is 24.3 Å². The number of carbonyl (C=O) groups excluding carboxylic acids is 4. The summed E-state index contributed by atoms with van der Waals surface area (Å²) in [6.07, 6.45) is 6.32. The van der Waals surface area contributed by atoms with Crippen LogP contribution in [0, 0.1) is 25.7 Å². The summed E-state index contributed by atoms with van der Waals surface area (Å²) in [5.74, 6) is -2.97. The molecule has 0 unspecified atom stereocenters. The molecule has 3 amide bonds. The van der Waals surface area contributed by atoms with Crippen molar-refractivity contribution in [1.29, 1.82) is 0 Å². The molecule has 49 heavy (non-hydrogen) atoms. The number of aliphatic hydroxyl groups excluding tert-OH is 1. The lowest BCUT2D eigenvalue weighted by molar-refractivity contribution is -0.146. The molecule has 10 nitrogen and oxygen atoms in total. The number of ether oxygens (including phenoxy) is 2. The first-order valence-corrected chi connectivity index (χ1v) is 17.4. The number of fused-ring (bicyclic) bond motifs is 1. The van der Waals surface area contributed by atoms with Gasteiger partial charge >= 0.3 is 5.97 Å². The molecule has 5 rings (SSSR count). The second kappa shape index (κ2) is 16.0. The predicted molar refractivity (Wildman–Crippen MR) is 186 cm³/mol. The van der Waals surface area contributed by atoms with Gasteiger partial charge in [-0.05, 0) is 69.1 Å². The molecule has 2 bridgehead atoms. The number of hydrogen-bond acceptors (Lipinski definition) is 7. The van der Waals surface area contributed by atoms with Gasteiger partial charge in [-0.15, -0.1) is 13.2 Å². The summed E-state index contributed by atoms with van der Waals surface area (Å²) in [4.78, 5) is 59.4. The summed E-state index contributed by atoms with van der Waals surface area (Å²) in [5, 5.41) is 12.5. The van der Waals surface area contributed by atoms with Crippen LogP contribution < -0.4 is 10.2 Å². The number of anilines is 1. The van der Waals surface area contributed by atoms with Crippen molar-refractivity contribution in [2.45, 2.75) is 82.6 Å². The van der Waals surface area contributed by atoms with Crippen LogP contribution in [0.2, 0.25) is 0 Å². The van der Waals surface area contributed by atoms with Gasteiger partial charge in [0.15, 0.2) is 0 Å². The van der Waals surface area contributed by atoms with Crippen LogP contribution >= 0.6 is 0 Å². The number of aryl methyl sites for hydroxylation is 2. The van der Waals surface area contributed by atoms with E-state index >= 15 is 0 Å². The van der Waals surface area contributed by atoms with Crippen molar-refractivity contribution in [3.8, 4) is 0 Å². The molecule has 1 spiro atoms. The Morgan fingerprint density at radius 2 is 1.82 bits per heavy atom. The predicted octanol–water partition coefficient (Wildman–Crippen LogP) is 4.73. The molecule has 3 fully saturated rings. The fourth-order valence-electron chi connectivity index (χ4n) is 7.99. The SMILES string of the molecule is C=CCCC(=O)OC[C@H](NC(=O)[C@@H]1[C@@H]2CC[C@]3(O2)[C@H](C(=O)N(CC=C)c2c(C)cccc2C)N(CCCCCO)C(=O)[C@@H]13)c1ccccc1. The zero-order chi connectivity index (χ0) is 35.1. The molecule has 10 heteroatoms. The number of nitrogens with zero attached hydrogens (tertiary/aromatic N) is 2. The minimum atomic E-state index is -1.17. The topological polar surface area (TPSA) is 125 Å². The summed E-state index contributed by atoms with van der Waals surface area (Å²) in [7, 11) is 0. The maximum Gasteiger partial charge on any atom is 0.306 e. The van der Waals surface area contributed by atoms with Crippen LogP contribution in [0.25, 0.3) is 0 Å². The first kappa shape index (κ1) is 36.0. The zero-order valence-electron chi connectivity index (χ0n) is 28.6. The van der Waals surface area contributed by atoms with Gasteiger partial charge in [-0.1, -0.05) is 60.7 Å². The van der Waals surface area contributed by atoms with Gasteiger partial charge in [-0.3, -0.25) is 19.2 Å². The Morgan fingerprint density at radius 3 is 2.49 bits per heavy atom. The van der Waals surface area contributed by atoms with Crippen molar-refractivity contribution in [3.05, 3.63) is 90.5 Å². The number of amides is 3. The smallest absolute Gasteiger partial charge is 0.306 e. The van der Waals surface area contributed by atoms with Crippen molar-refractivity contribution in [3.63, 3.8) is 0 Å². The van der Waals surface area contributed by atoms with Crippen LogP contribution in [0.1, 0.15) is 67.7 Å². The van der Waals surface area contributed by atoms with Gasteiger partial charge in [-0.25, -0.2) is 0 Å². The number of likely N-dealkylation sites (tertiary alicyclic amines) is 1. The Hall–Kier alpha value is -4.28. The third kappa shape index (κ3) is 7.21. The van der Waals surface area contributed by atoms with Crippen LogP contribution in [0.4, 0.5) is 5.69 Å². The molecule has 2 aromatic rings. The molecule has 3 heterocycles. The number of allylic oxidation sites excluding steroid dienone is 1. The fraction of sp³-hybridized carbons (Fsp3) is 0.487. The molecule has 3 aliphatic heterocycles. The van der Waals surface area contributed by atoms with Crippen LogP contribution in [-0.2, 0) is 28.7 Å². The largest absolute Gasteiger partial charge is 0.463 e. The minimum Gasteiger partial charge on any atom is -0.463 e. The minimum absolute atomic E-state index is 0.0434. The van der Waals surface area contributed by atoms with E-state index in [0.717, 1.165) is 22.4 Å². The molecule has 0 saturated carbocycles. The maximum atomic E-state index is 14.9. The Morgan fingerprint density at radius 1 is 1.08 bits per heavy atom. The maximum absolute atomic E-state index is 14.9. The second-order valence-electron chi connectivity index (χ2n) is 13.3. The number of esters is 1. The molecule has 0 aromatic heterocycles. The van der Waals surface area contributed by atoms with Gasteiger partial charge in [-0.2, -0.15) is 0 Å². The highest BCUT2D eigenvalue weighted by atomic mass is 16.5. The van der Waals surface area contributed by atoms with Crippen LogP contribution in [0.3, 0.4) is 0 Å². The first-order valence-electron chi connectivity index (χ1n) is 17.4. The molecular weight excluding hydrogens is 622 g/mol. The number of unbranched alkanes of at least 4 members (excludes halogenated alkanes) is 2. The van der Waals surface area contributed by atoms with E-state index in [1.165, 1.54) is 0 Å². The lowest BCUT2D eigenvalue weighted by atomic mass is 9.70. The fourth-order valence-corrected chi connectivity index (χ4v) is 7.99. The van der Waals surface area contributed by atoms with E-state index in [1.54, 1.807) is 22.0 Å². The Balaban J connectivity index is 1.47. The number of para-hydroxylation sites is 1. The highest BCUT2D eigenvalue weighted by molar-refractivity contribution is 6.05. The summed E-state index contributed by atoms with van der Waals surface area (Å²) >= 11 is 0. The highest BCUT2D eigenvalue weighted by Crippen LogP contribution is 2.59. The summed E-state index contributed by atoms with van der Waals surface area (Å²) in [6, 6.07) is 13.5. The molecule has 262 valence electrons. The van der Waals surface area contributed by atoms with E-state index in [-0.39, 0.29) is 43.9 Å². The Labute approximate surface area is 289 Å². The van der Waals surface area contributed by atoms with Gasteiger partial charge in [0.1, 0.15) is 18.2 Å². The van der Waals surface area contributed by atoms with E-state index in [2.05, 4.69) is 18.5 Å². The standard InChI is InChI=1S/C39H49N3O7/c1-5-7-19-31(44)48-25-29(28-17-10-8-11-18-28)40-36(45)32-30-20-21-39(49-30)33(32)37(46)42(23-12-9-13-24-43)35(39)38(47)41(22-6-2)34-26(3)15-14-16-27(34)4/h5-6,8,10-11,14-18,29-30,32-33,35,43H,1-2,7,9,12-13,19-25H2,3-4H3,(H,40,45)/t29-,30-,32+,33+,35-,39+/m0/s1. The zero-order valence-corrected chi connectivity index (χ0v) is 28.6. The number of rotatable bonds is 17. The van der Waals surface area contributed by atoms with Crippen molar-refractivity contribution in [1.82, 2.24) is 10.2 Å². The number of nitrogens with one attached hydrogen (secondary N) is 1. The Bertz CT molecular complexity index is 1520. The van der Waals surface area contributed by atoms with E-state index in [4.69, 9.17) is 9.47 Å². The molecule has 2 N–H and O–H groups in total. The second-order valence-corrected chi connectivity index (χ2v) is 13.3. The number of hydrogen-bond donors (Lipinski definition) is 2. The quantitative estimate of drug-likeness (QED) is 0.142. The molecule has 0 aliphatic carbocycles. The number of aliphatic hydroxyl groups is 1. The van der Waals surface area contributed by atoms with Crippen molar-refractivity contribution in [2.24, 2.45) is 11.8 Å². The summed E-state index contributed by atoms with van der Waals surface area (Å²) in [5.41, 5.74) is 2.21. The van der Waals surface area contributed by atoms with E-state index in [0.29, 0.717) is 45.1 Å². The van der Waals surface area contributed by atoms with Gasteiger partial charge < -0.3 is 29.7 Å². The normalized spacial score (nSPS) is 24.3. The van der Waals surface area contributed by atoms with Crippen molar-refractivity contribution in [2.75, 3.05) is 31.2 Å². The van der Waals surface area contributed by atoms with Gasteiger partial charge in [0, 0.05) is 31.8 Å². The van der Waals surface area contributed by atoms with Crippen molar-refractivity contribution < 1.29 is 33.8 Å². The molecule has 3 saturated heterocycles. The highest BCUT2D eigenvalue weighted by Gasteiger charge is 2.74. The van der Waals surface area contributed by atoms with Gasteiger partial charge in [0.2, 0.25) is 11.8 Å². The van der Waals surface area contributed by atoms with Crippen molar-refractivity contribution >= 4 is 29.4 Å². The lowest BCUT2D eigenvalue weighted by Gasteiger charge is -2.37. The number of benzene rings is 2. The van der Waals surface area contributed by atoms with E-state index in [1.807, 2.05) is 62.4 Å². The monoisotopic (exact) mass is 671 g/mol. The summed E-state index contributed by atoms with van der Waals surface area (Å²) in [6.45, 7) is 12.0. The van der Waals surface area contributed by atoms with Crippen LogP contribution in [0.15, 0.2) is 73.8 Å². The average molecular weight is 672 g/mol.